The second-order valence-corrected chi connectivity index (χ2v) is 6.42. The van der Waals surface area contributed by atoms with Crippen LogP contribution in [0.2, 0.25) is 0 Å². The van der Waals surface area contributed by atoms with Crippen LogP contribution in [0.3, 0.4) is 0 Å². The second-order valence-electron chi connectivity index (χ2n) is 6.42. The van der Waals surface area contributed by atoms with Gasteiger partial charge in [0.05, 0.1) is 5.56 Å². The van der Waals surface area contributed by atoms with E-state index in [2.05, 4.69) is 4.98 Å². The van der Waals surface area contributed by atoms with Crippen molar-refractivity contribution in [1.29, 1.82) is 5.26 Å². The Morgan fingerprint density at radius 1 is 1.14 bits per heavy atom. The number of aliphatic hydroxyl groups excluding tert-OH is 1. The van der Waals surface area contributed by atoms with Crippen LogP contribution in [-0.4, -0.2) is 16.7 Å². The molecule has 5 nitrogen and oxygen atoms in total. The molecular formula is C23H17FN2O3. The number of aromatic nitrogens is 1. The van der Waals surface area contributed by atoms with Crippen LogP contribution in [0.5, 0.6) is 0 Å². The van der Waals surface area contributed by atoms with Gasteiger partial charge in [0.15, 0.2) is 11.9 Å². The van der Waals surface area contributed by atoms with Gasteiger partial charge in [0.1, 0.15) is 23.2 Å². The standard InChI is InChI=1S/C23H17FN2O3/c1-2-28-23(27)15-5-3-14(4-6-15)21-12-20-22(29-21)18(9-10-26-20)16-7-8-19(24)17(11-16)13-25/h3-12,23,27H,2H2,1H3. The van der Waals surface area contributed by atoms with E-state index in [4.69, 9.17) is 14.4 Å². The van der Waals surface area contributed by atoms with Crippen molar-refractivity contribution in [2.24, 2.45) is 0 Å². The Morgan fingerprint density at radius 2 is 1.90 bits per heavy atom. The summed E-state index contributed by atoms with van der Waals surface area (Å²) in [5, 5.41) is 19.0. The van der Waals surface area contributed by atoms with E-state index in [9.17, 15) is 9.50 Å². The monoisotopic (exact) mass is 388 g/mol. The maximum Gasteiger partial charge on any atom is 0.181 e. The molecule has 0 saturated heterocycles. The van der Waals surface area contributed by atoms with Gasteiger partial charge in [-0.2, -0.15) is 5.26 Å². The minimum absolute atomic E-state index is 0.0253. The number of ether oxygens (including phenoxy) is 1. The molecule has 4 aromatic rings. The molecule has 1 N–H and O–H groups in total. The largest absolute Gasteiger partial charge is 0.454 e. The van der Waals surface area contributed by atoms with Crippen molar-refractivity contribution in [3.05, 3.63) is 77.7 Å². The molecule has 6 heteroatoms. The molecule has 1 unspecified atom stereocenters. The quantitative estimate of drug-likeness (QED) is 0.475. The third-order valence-electron chi connectivity index (χ3n) is 4.61. The molecule has 1 atom stereocenters. The summed E-state index contributed by atoms with van der Waals surface area (Å²) in [6.45, 7) is 2.23. The Hall–Kier alpha value is -3.53. The zero-order chi connectivity index (χ0) is 20.4. The number of furan rings is 1. The normalized spacial score (nSPS) is 12.1. The summed E-state index contributed by atoms with van der Waals surface area (Å²) >= 11 is 0. The highest BCUT2D eigenvalue weighted by molar-refractivity contribution is 5.92. The lowest BCUT2D eigenvalue weighted by Gasteiger charge is -2.10. The Morgan fingerprint density at radius 3 is 2.62 bits per heavy atom. The lowest BCUT2D eigenvalue weighted by molar-refractivity contribution is -0.0979. The van der Waals surface area contributed by atoms with E-state index in [-0.39, 0.29) is 5.56 Å². The molecule has 0 fully saturated rings. The molecule has 0 aliphatic carbocycles. The minimum Gasteiger partial charge on any atom is -0.454 e. The summed E-state index contributed by atoms with van der Waals surface area (Å²) in [7, 11) is 0. The fraction of sp³-hybridized carbons (Fsp3) is 0.130. The van der Waals surface area contributed by atoms with Crippen LogP contribution in [0.25, 0.3) is 33.6 Å². The highest BCUT2D eigenvalue weighted by Gasteiger charge is 2.14. The molecule has 0 aliphatic heterocycles. The first-order valence-corrected chi connectivity index (χ1v) is 9.09. The van der Waals surface area contributed by atoms with Crippen molar-refractivity contribution in [3.63, 3.8) is 0 Å². The summed E-state index contributed by atoms with van der Waals surface area (Å²) < 4.78 is 24.9. The van der Waals surface area contributed by atoms with Gasteiger partial charge in [-0.25, -0.2) is 4.39 Å². The first kappa shape index (κ1) is 18.8. The molecule has 0 spiro atoms. The lowest BCUT2D eigenvalue weighted by atomic mass is 10.0. The Labute approximate surface area is 166 Å². The molecule has 2 aromatic carbocycles. The smallest absolute Gasteiger partial charge is 0.181 e. The Kier molecular flexibility index (Phi) is 5.09. The van der Waals surface area contributed by atoms with Crippen molar-refractivity contribution in [1.82, 2.24) is 4.98 Å². The molecule has 0 radical (unpaired) electrons. The van der Waals surface area contributed by atoms with Gasteiger partial charge in [-0.15, -0.1) is 0 Å². The van der Waals surface area contributed by atoms with Crippen LogP contribution in [0.1, 0.15) is 24.3 Å². The topological polar surface area (TPSA) is 79.3 Å². The zero-order valence-corrected chi connectivity index (χ0v) is 15.6. The molecule has 0 saturated carbocycles. The fourth-order valence-corrected chi connectivity index (χ4v) is 3.15. The van der Waals surface area contributed by atoms with Crippen molar-refractivity contribution < 1.29 is 18.7 Å². The molecule has 0 amide bonds. The number of aliphatic hydroxyl groups is 1. The Bertz CT molecular complexity index is 1210. The fourth-order valence-electron chi connectivity index (χ4n) is 3.15. The number of pyridine rings is 1. The van der Waals surface area contributed by atoms with Gasteiger partial charge < -0.3 is 14.3 Å². The van der Waals surface area contributed by atoms with Crippen molar-refractivity contribution in [3.8, 4) is 28.5 Å². The predicted octanol–water partition coefficient (Wildman–Crippen LogP) is 5.20. The van der Waals surface area contributed by atoms with Crippen LogP contribution in [0, 0.1) is 17.1 Å². The molecule has 144 valence electrons. The molecular weight excluding hydrogens is 371 g/mol. The first-order valence-electron chi connectivity index (χ1n) is 9.09. The van der Waals surface area contributed by atoms with Gasteiger partial charge in [-0.3, -0.25) is 4.98 Å². The van der Waals surface area contributed by atoms with Gasteiger partial charge in [0.25, 0.3) is 0 Å². The SMILES string of the molecule is CCOC(O)c1ccc(-c2cc3nccc(-c4ccc(F)c(C#N)c4)c3o2)cc1. The summed E-state index contributed by atoms with van der Waals surface area (Å²) in [6.07, 6.45) is 0.680. The summed E-state index contributed by atoms with van der Waals surface area (Å²) in [5.74, 6) is 0.0519. The van der Waals surface area contributed by atoms with Crippen LogP contribution >= 0.6 is 0 Å². The van der Waals surface area contributed by atoms with Gasteiger partial charge in [0.2, 0.25) is 0 Å². The summed E-state index contributed by atoms with van der Waals surface area (Å²) in [6, 6.07) is 17.0. The predicted molar refractivity (Wildman–Crippen MR) is 106 cm³/mol. The van der Waals surface area contributed by atoms with E-state index in [0.29, 0.717) is 34.6 Å². The lowest BCUT2D eigenvalue weighted by Crippen LogP contribution is -2.02. The highest BCUT2D eigenvalue weighted by atomic mass is 19.1. The third-order valence-corrected chi connectivity index (χ3v) is 4.61. The van der Waals surface area contributed by atoms with E-state index < -0.39 is 12.1 Å². The Balaban J connectivity index is 1.74. The number of hydrogen-bond acceptors (Lipinski definition) is 5. The zero-order valence-electron chi connectivity index (χ0n) is 15.6. The molecule has 2 aromatic heterocycles. The number of rotatable bonds is 5. The maximum atomic E-state index is 13.7. The van der Waals surface area contributed by atoms with Crippen LogP contribution in [0.4, 0.5) is 4.39 Å². The van der Waals surface area contributed by atoms with Crippen molar-refractivity contribution in [2.75, 3.05) is 6.61 Å². The van der Waals surface area contributed by atoms with Crippen LogP contribution in [-0.2, 0) is 4.74 Å². The summed E-state index contributed by atoms with van der Waals surface area (Å²) in [4.78, 5) is 4.35. The molecule has 29 heavy (non-hydrogen) atoms. The average Bonchev–Trinajstić information content (AvgIpc) is 3.19. The van der Waals surface area contributed by atoms with Crippen LogP contribution in [0.15, 0.2) is 65.2 Å². The minimum atomic E-state index is -0.967. The number of halogens is 1. The van der Waals surface area contributed by atoms with E-state index in [1.54, 1.807) is 30.5 Å². The van der Waals surface area contributed by atoms with Crippen molar-refractivity contribution in [2.45, 2.75) is 13.2 Å². The third kappa shape index (κ3) is 3.61. The molecule has 4 rings (SSSR count). The number of hydrogen-bond donors (Lipinski definition) is 1. The highest BCUT2D eigenvalue weighted by Crippen LogP contribution is 2.34. The van der Waals surface area contributed by atoms with E-state index in [0.717, 1.165) is 11.1 Å². The number of nitriles is 1. The first-order chi connectivity index (χ1) is 14.1. The number of fused-ring (bicyclic) bond motifs is 1. The number of benzene rings is 2. The van der Waals surface area contributed by atoms with Gasteiger partial charge in [0, 0.05) is 35.6 Å². The van der Waals surface area contributed by atoms with Crippen LogP contribution < -0.4 is 0 Å². The van der Waals surface area contributed by atoms with Crippen molar-refractivity contribution >= 4 is 11.1 Å². The van der Waals surface area contributed by atoms with E-state index >= 15 is 0 Å². The molecule has 0 aliphatic rings. The maximum absolute atomic E-state index is 13.7. The van der Waals surface area contributed by atoms with E-state index in [1.165, 1.54) is 12.1 Å². The van der Waals surface area contributed by atoms with Gasteiger partial charge >= 0.3 is 0 Å². The summed E-state index contributed by atoms with van der Waals surface area (Å²) in [5.41, 5.74) is 4.05. The second kappa shape index (κ2) is 7.84. The van der Waals surface area contributed by atoms with Gasteiger partial charge in [-0.05, 0) is 30.7 Å². The average molecular weight is 388 g/mol. The van der Waals surface area contributed by atoms with E-state index in [1.807, 2.05) is 31.2 Å². The molecule has 0 bridgehead atoms. The molecule has 2 heterocycles. The number of nitrogens with zero attached hydrogens (tertiary/aromatic N) is 2. The van der Waals surface area contributed by atoms with Gasteiger partial charge in [-0.1, -0.05) is 30.3 Å².